The summed E-state index contributed by atoms with van der Waals surface area (Å²) in [5, 5.41) is 10.1. The molecule has 0 radical (unpaired) electrons. The molecule has 1 fully saturated rings. The molecule has 0 aliphatic carbocycles. The minimum Gasteiger partial charge on any atom is -0.356 e. The van der Waals surface area contributed by atoms with E-state index in [1.807, 2.05) is 11.6 Å². The van der Waals surface area contributed by atoms with Crippen molar-refractivity contribution in [2.24, 2.45) is 4.99 Å². The van der Waals surface area contributed by atoms with Gasteiger partial charge >= 0.3 is 0 Å². The number of amides is 1. The number of nitrogens with one attached hydrogen (secondary N) is 2. The standard InChI is InChI=1S/C23H34N6OS/c1-18(22-24-11-14-31-22)15-25-23(26-16-21(30)28(2)3)27-20-9-12-29(13-10-20)17-19-7-5-4-6-8-19/h4-8,11,14,18,20H,9-10,12-13,15-17H2,1-3H3,(H2,25,26,27). The van der Waals surface area contributed by atoms with E-state index in [1.54, 1.807) is 30.3 Å². The van der Waals surface area contributed by atoms with E-state index in [-0.39, 0.29) is 18.4 Å². The summed E-state index contributed by atoms with van der Waals surface area (Å²) < 4.78 is 0. The van der Waals surface area contributed by atoms with Gasteiger partial charge in [0, 0.05) is 63.8 Å². The Labute approximate surface area is 189 Å². The van der Waals surface area contributed by atoms with Gasteiger partial charge in [-0.3, -0.25) is 9.69 Å². The van der Waals surface area contributed by atoms with Gasteiger partial charge in [0.2, 0.25) is 5.91 Å². The Morgan fingerprint density at radius 1 is 1.29 bits per heavy atom. The van der Waals surface area contributed by atoms with E-state index >= 15 is 0 Å². The van der Waals surface area contributed by atoms with E-state index in [9.17, 15) is 4.79 Å². The molecule has 1 amide bonds. The molecule has 168 valence electrons. The molecule has 2 aromatic rings. The first-order valence-electron chi connectivity index (χ1n) is 10.9. The highest BCUT2D eigenvalue weighted by atomic mass is 32.1. The number of hydrogen-bond donors (Lipinski definition) is 2. The molecule has 2 N–H and O–H groups in total. The van der Waals surface area contributed by atoms with Crippen molar-refractivity contribution < 1.29 is 4.79 Å². The van der Waals surface area contributed by atoms with Crippen LogP contribution in [-0.4, -0.2) is 73.0 Å². The fourth-order valence-corrected chi connectivity index (χ4v) is 4.22. The van der Waals surface area contributed by atoms with Crippen molar-refractivity contribution in [2.75, 3.05) is 40.3 Å². The van der Waals surface area contributed by atoms with Crippen molar-refractivity contribution in [2.45, 2.75) is 38.3 Å². The summed E-state index contributed by atoms with van der Waals surface area (Å²) >= 11 is 1.66. The fraction of sp³-hybridized carbons (Fsp3) is 0.522. The summed E-state index contributed by atoms with van der Waals surface area (Å²) in [7, 11) is 3.51. The van der Waals surface area contributed by atoms with Gasteiger partial charge in [-0.1, -0.05) is 37.3 Å². The highest BCUT2D eigenvalue weighted by Gasteiger charge is 2.21. The molecular formula is C23H34N6OS. The summed E-state index contributed by atoms with van der Waals surface area (Å²) in [6.45, 7) is 6.10. The number of carbonyl (C=O) groups is 1. The molecule has 2 heterocycles. The molecule has 0 saturated carbocycles. The number of thiazole rings is 1. The monoisotopic (exact) mass is 442 g/mol. The van der Waals surface area contributed by atoms with E-state index < -0.39 is 0 Å². The largest absolute Gasteiger partial charge is 0.356 e. The molecule has 1 aromatic heterocycles. The second-order valence-corrected chi connectivity index (χ2v) is 9.21. The number of rotatable bonds is 8. The number of piperidine rings is 1. The summed E-state index contributed by atoms with van der Waals surface area (Å²) in [5.74, 6) is 0.983. The topological polar surface area (TPSA) is 72.9 Å². The lowest BCUT2D eigenvalue weighted by atomic mass is 10.0. The Hall–Kier alpha value is -2.45. The van der Waals surface area contributed by atoms with E-state index in [0.717, 1.165) is 44.0 Å². The number of likely N-dealkylation sites (tertiary alicyclic amines) is 1. The van der Waals surface area contributed by atoms with Crippen LogP contribution in [0.3, 0.4) is 0 Å². The van der Waals surface area contributed by atoms with E-state index in [0.29, 0.717) is 12.0 Å². The van der Waals surface area contributed by atoms with Crippen molar-refractivity contribution in [3.05, 3.63) is 52.5 Å². The third-order valence-corrected chi connectivity index (χ3v) is 6.50. The first-order valence-corrected chi connectivity index (χ1v) is 11.8. The minimum absolute atomic E-state index is 0.00764. The lowest BCUT2D eigenvalue weighted by molar-refractivity contribution is -0.127. The van der Waals surface area contributed by atoms with Crippen LogP contribution in [0.5, 0.6) is 0 Å². The molecule has 3 rings (SSSR count). The average Bonchev–Trinajstić information content (AvgIpc) is 3.32. The SMILES string of the molecule is CC(CNC(=NCC(=O)N(C)C)NC1CCN(Cc2ccccc2)CC1)c1nccs1. The average molecular weight is 443 g/mol. The van der Waals surface area contributed by atoms with E-state index in [2.05, 4.69) is 62.8 Å². The number of likely N-dealkylation sites (N-methyl/N-ethyl adjacent to an activating group) is 1. The van der Waals surface area contributed by atoms with E-state index in [1.165, 1.54) is 5.56 Å². The van der Waals surface area contributed by atoms with Crippen molar-refractivity contribution in [1.29, 1.82) is 0 Å². The Balaban J connectivity index is 1.52. The van der Waals surface area contributed by atoms with Crippen molar-refractivity contribution in [1.82, 2.24) is 25.4 Å². The molecule has 7 nitrogen and oxygen atoms in total. The molecule has 31 heavy (non-hydrogen) atoms. The van der Waals surface area contributed by atoms with Gasteiger partial charge in [-0.15, -0.1) is 11.3 Å². The fourth-order valence-electron chi connectivity index (χ4n) is 3.53. The maximum atomic E-state index is 12.0. The first kappa shape index (κ1) is 23.2. The van der Waals surface area contributed by atoms with Crippen LogP contribution < -0.4 is 10.6 Å². The number of nitrogens with zero attached hydrogens (tertiary/aromatic N) is 4. The second-order valence-electron chi connectivity index (χ2n) is 8.29. The van der Waals surface area contributed by atoms with Gasteiger partial charge < -0.3 is 15.5 Å². The number of aliphatic imine (C=N–C) groups is 1. The van der Waals surface area contributed by atoms with Crippen molar-refractivity contribution in [3.63, 3.8) is 0 Å². The number of guanidine groups is 1. The van der Waals surface area contributed by atoms with Crippen molar-refractivity contribution >= 4 is 23.2 Å². The lowest BCUT2D eigenvalue weighted by Gasteiger charge is -2.33. The highest BCUT2D eigenvalue weighted by molar-refractivity contribution is 7.09. The molecule has 1 saturated heterocycles. The summed E-state index contributed by atoms with van der Waals surface area (Å²) in [5.41, 5.74) is 1.36. The van der Waals surface area contributed by atoms with Crippen LogP contribution in [0.1, 0.15) is 36.3 Å². The molecule has 1 atom stereocenters. The van der Waals surface area contributed by atoms with Gasteiger partial charge in [-0.05, 0) is 18.4 Å². The Bertz CT molecular complexity index is 816. The second kappa shape index (κ2) is 11.8. The molecule has 1 aliphatic heterocycles. The zero-order chi connectivity index (χ0) is 22.1. The predicted molar refractivity (Wildman–Crippen MR) is 127 cm³/mol. The van der Waals surface area contributed by atoms with Crippen molar-refractivity contribution in [3.8, 4) is 0 Å². The summed E-state index contributed by atoms with van der Waals surface area (Å²) in [6.07, 6.45) is 3.94. The molecule has 0 spiro atoms. The van der Waals surface area contributed by atoms with Crippen LogP contribution in [0.25, 0.3) is 0 Å². The van der Waals surface area contributed by atoms with Gasteiger partial charge in [-0.2, -0.15) is 0 Å². The maximum Gasteiger partial charge on any atom is 0.243 e. The molecule has 1 unspecified atom stereocenters. The normalized spacial score (nSPS) is 16.7. The zero-order valence-electron chi connectivity index (χ0n) is 18.8. The van der Waals surface area contributed by atoms with Gasteiger partial charge in [-0.25, -0.2) is 9.98 Å². The molecule has 8 heteroatoms. The number of carbonyl (C=O) groups excluding carboxylic acids is 1. The van der Waals surface area contributed by atoms with Gasteiger partial charge in [0.15, 0.2) is 5.96 Å². The Morgan fingerprint density at radius 2 is 2.03 bits per heavy atom. The molecule has 1 aliphatic rings. The minimum atomic E-state index is -0.00764. The Kier molecular flexibility index (Phi) is 8.85. The number of benzene rings is 1. The third kappa shape index (κ3) is 7.63. The first-order chi connectivity index (χ1) is 15.0. The smallest absolute Gasteiger partial charge is 0.243 e. The highest BCUT2D eigenvalue weighted by Crippen LogP contribution is 2.17. The Morgan fingerprint density at radius 3 is 2.68 bits per heavy atom. The molecular weight excluding hydrogens is 408 g/mol. The number of aromatic nitrogens is 1. The predicted octanol–water partition coefficient (Wildman–Crippen LogP) is 2.53. The third-order valence-electron chi connectivity index (χ3n) is 5.50. The zero-order valence-corrected chi connectivity index (χ0v) is 19.6. The van der Waals surface area contributed by atoms with Crippen LogP contribution in [0, 0.1) is 0 Å². The van der Waals surface area contributed by atoms with Crippen LogP contribution in [0.4, 0.5) is 0 Å². The van der Waals surface area contributed by atoms with Gasteiger partial charge in [0.25, 0.3) is 0 Å². The van der Waals surface area contributed by atoms with Gasteiger partial charge in [0.1, 0.15) is 6.54 Å². The van der Waals surface area contributed by atoms with Crippen LogP contribution in [0.15, 0.2) is 46.9 Å². The molecule has 1 aromatic carbocycles. The summed E-state index contributed by atoms with van der Waals surface area (Å²) in [4.78, 5) is 25.1. The number of hydrogen-bond acceptors (Lipinski definition) is 5. The van der Waals surface area contributed by atoms with Gasteiger partial charge in [0.05, 0.1) is 5.01 Å². The van der Waals surface area contributed by atoms with Crippen LogP contribution in [-0.2, 0) is 11.3 Å². The van der Waals surface area contributed by atoms with Crippen LogP contribution >= 0.6 is 11.3 Å². The van der Waals surface area contributed by atoms with Crippen LogP contribution in [0.2, 0.25) is 0 Å². The van der Waals surface area contributed by atoms with E-state index in [4.69, 9.17) is 0 Å². The summed E-state index contributed by atoms with van der Waals surface area (Å²) in [6, 6.07) is 11.0. The maximum absolute atomic E-state index is 12.0. The molecule has 0 bridgehead atoms. The lowest BCUT2D eigenvalue weighted by Crippen LogP contribution is -2.49. The quantitative estimate of drug-likeness (QED) is 0.486.